The van der Waals surface area contributed by atoms with Gasteiger partial charge in [-0.1, -0.05) is 39.3 Å². The molecule has 3 aromatic rings. The molecule has 0 aliphatic carbocycles. The van der Waals surface area contributed by atoms with Crippen molar-refractivity contribution in [3.8, 4) is 17.0 Å². The smallest absolute Gasteiger partial charge is 0.168 e. The number of halogens is 1. The van der Waals surface area contributed by atoms with E-state index in [1.165, 1.54) is 0 Å². The zero-order valence-corrected chi connectivity index (χ0v) is 16.3. The molecule has 0 saturated carbocycles. The zero-order valence-electron chi connectivity index (χ0n) is 14.7. The summed E-state index contributed by atoms with van der Waals surface area (Å²) >= 11 is 3.44. The number of hydrogen-bond donors (Lipinski definition) is 0. The van der Waals surface area contributed by atoms with Crippen molar-refractivity contribution in [2.75, 3.05) is 26.7 Å². The van der Waals surface area contributed by atoms with E-state index in [9.17, 15) is 0 Å². The van der Waals surface area contributed by atoms with Crippen LogP contribution in [0.5, 0.6) is 5.75 Å². The quantitative estimate of drug-likeness (QED) is 0.469. The molecule has 3 rings (SSSR count). The molecule has 0 unspecified atom stereocenters. The number of benzene rings is 2. The Balaban J connectivity index is 1.60. The van der Waals surface area contributed by atoms with Gasteiger partial charge in [-0.05, 0) is 49.5 Å². The molecular formula is C21H21BrN2O2. The summed E-state index contributed by atoms with van der Waals surface area (Å²) in [5, 5.41) is 5.19. The first kappa shape index (κ1) is 18.4. The van der Waals surface area contributed by atoms with E-state index >= 15 is 0 Å². The van der Waals surface area contributed by atoms with Crippen molar-refractivity contribution < 1.29 is 9.26 Å². The van der Waals surface area contributed by atoms with E-state index < -0.39 is 0 Å². The van der Waals surface area contributed by atoms with E-state index in [2.05, 4.69) is 45.7 Å². The Morgan fingerprint density at radius 3 is 2.73 bits per heavy atom. The molecule has 0 saturated heterocycles. The normalized spacial score (nSPS) is 11.5. The van der Waals surface area contributed by atoms with Crippen LogP contribution in [-0.2, 0) is 0 Å². The molecule has 134 valence electrons. The molecule has 0 radical (unpaired) electrons. The van der Waals surface area contributed by atoms with Gasteiger partial charge >= 0.3 is 0 Å². The first-order valence-electron chi connectivity index (χ1n) is 8.40. The molecule has 0 fully saturated rings. The first-order chi connectivity index (χ1) is 12.7. The molecule has 26 heavy (non-hydrogen) atoms. The van der Waals surface area contributed by atoms with E-state index in [-0.39, 0.29) is 0 Å². The number of fused-ring (bicyclic) bond motifs is 1. The summed E-state index contributed by atoms with van der Waals surface area (Å²) in [6.45, 7) is 6.03. The molecule has 2 aromatic carbocycles. The fraction of sp³-hybridized carbons (Fsp3) is 0.190. The SMILES string of the molecule is C=CCN(C)C/C=C/COc1ccc(-c2noc3cc(Br)ccc23)cc1. The maximum Gasteiger partial charge on any atom is 0.168 e. The summed E-state index contributed by atoms with van der Waals surface area (Å²) in [7, 11) is 2.05. The predicted molar refractivity (Wildman–Crippen MR) is 109 cm³/mol. The number of hydrogen-bond acceptors (Lipinski definition) is 4. The summed E-state index contributed by atoms with van der Waals surface area (Å²) in [5.41, 5.74) is 2.60. The highest BCUT2D eigenvalue weighted by Crippen LogP contribution is 2.30. The maximum absolute atomic E-state index is 5.75. The lowest BCUT2D eigenvalue weighted by Gasteiger charge is -2.10. The van der Waals surface area contributed by atoms with E-state index in [0.29, 0.717) is 6.61 Å². The Labute approximate surface area is 161 Å². The Bertz CT molecular complexity index is 900. The number of aromatic nitrogens is 1. The minimum Gasteiger partial charge on any atom is -0.490 e. The van der Waals surface area contributed by atoms with Gasteiger partial charge in [0.25, 0.3) is 0 Å². The van der Waals surface area contributed by atoms with Crippen LogP contribution in [0.1, 0.15) is 0 Å². The van der Waals surface area contributed by atoms with Gasteiger partial charge in [-0.2, -0.15) is 0 Å². The summed E-state index contributed by atoms with van der Waals surface area (Å²) < 4.78 is 12.1. The Kier molecular flexibility index (Phi) is 6.26. The van der Waals surface area contributed by atoms with E-state index in [4.69, 9.17) is 9.26 Å². The molecule has 1 aromatic heterocycles. The van der Waals surface area contributed by atoms with Gasteiger partial charge in [0.1, 0.15) is 18.1 Å². The van der Waals surface area contributed by atoms with Crippen LogP contribution in [-0.4, -0.2) is 36.8 Å². The van der Waals surface area contributed by atoms with Crippen molar-refractivity contribution in [3.63, 3.8) is 0 Å². The fourth-order valence-corrected chi connectivity index (χ4v) is 2.93. The number of ether oxygens (including phenoxy) is 1. The van der Waals surface area contributed by atoms with Crippen LogP contribution in [0, 0.1) is 0 Å². The molecule has 0 spiro atoms. The third-order valence-corrected chi connectivity index (χ3v) is 4.43. The van der Waals surface area contributed by atoms with Crippen LogP contribution in [0.4, 0.5) is 0 Å². The summed E-state index contributed by atoms with van der Waals surface area (Å²) in [6, 6.07) is 13.8. The molecule has 4 nitrogen and oxygen atoms in total. The predicted octanol–water partition coefficient (Wildman–Crippen LogP) is 5.31. The van der Waals surface area contributed by atoms with Crippen molar-refractivity contribution in [1.82, 2.24) is 10.1 Å². The van der Waals surface area contributed by atoms with E-state index in [1.54, 1.807) is 0 Å². The number of rotatable bonds is 8. The topological polar surface area (TPSA) is 38.5 Å². The highest BCUT2D eigenvalue weighted by atomic mass is 79.9. The molecule has 0 aliphatic heterocycles. The molecule has 1 heterocycles. The summed E-state index contributed by atoms with van der Waals surface area (Å²) in [4.78, 5) is 2.17. The highest BCUT2D eigenvalue weighted by molar-refractivity contribution is 9.10. The van der Waals surface area contributed by atoms with Crippen LogP contribution >= 0.6 is 15.9 Å². The van der Waals surface area contributed by atoms with Crippen LogP contribution in [0.15, 0.2) is 76.3 Å². The van der Waals surface area contributed by atoms with Gasteiger partial charge in [-0.3, -0.25) is 4.90 Å². The molecule has 0 bridgehead atoms. The third-order valence-electron chi connectivity index (χ3n) is 3.93. The van der Waals surface area contributed by atoms with Gasteiger partial charge in [-0.25, -0.2) is 0 Å². The first-order valence-corrected chi connectivity index (χ1v) is 9.19. The molecule has 0 aliphatic rings. The van der Waals surface area contributed by atoms with E-state index in [1.807, 2.05) is 54.6 Å². The Morgan fingerprint density at radius 1 is 1.15 bits per heavy atom. The molecule has 0 N–H and O–H groups in total. The minimum atomic E-state index is 0.544. The van der Waals surface area contributed by atoms with Crippen molar-refractivity contribution in [3.05, 3.63) is 71.7 Å². The zero-order chi connectivity index (χ0) is 18.4. The average Bonchev–Trinajstić information content (AvgIpc) is 3.05. The molecule has 0 amide bonds. The lowest BCUT2D eigenvalue weighted by molar-refractivity contribution is 0.360. The number of likely N-dealkylation sites (N-methyl/N-ethyl adjacent to an activating group) is 1. The van der Waals surface area contributed by atoms with Gasteiger partial charge in [0.05, 0.1) is 0 Å². The van der Waals surface area contributed by atoms with Crippen LogP contribution in [0.3, 0.4) is 0 Å². The minimum absolute atomic E-state index is 0.544. The Hall–Kier alpha value is -2.37. The van der Waals surface area contributed by atoms with Crippen molar-refractivity contribution >= 4 is 26.9 Å². The second kappa shape index (κ2) is 8.83. The van der Waals surface area contributed by atoms with Gasteiger partial charge in [-0.15, -0.1) is 6.58 Å². The summed E-state index contributed by atoms with van der Waals surface area (Å²) in [6.07, 6.45) is 6.01. The molecular weight excluding hydrogens is 392 g/mol. The second-order valence-electron chi connectivity index (χ2n) is 5.99. The third kappa shape index (κ3) is 4.62. The largest absolute Gasteiger partial charge is 0.490 e. The highest BCUT2D eigenvalue weighted by Gasteiger charge is 2.10. The van der Waals surface area contributed by atoms with Crippen molar-refractivity contribution in [2.45, 2.75) is 0 Å². The van der Waals surface area contributed by atoms with Crippen molar-refractivity contribution in [2.24, 2.45) is 0 Å². The van der Waals surface area contributed by atoms with Crippen molar-refractivity contribution in [1.29, 1.82) is 0 Å². The molecule has 0 atom stereocenters. The van der Waals surface area contributed by atoms with Gasteiger partial charge in [0, 0.05) is 28.5 Å². The summed E-state index contributed by atoms with van der Waals surface area (Å²) in [5.74, 6) is 0.827. The van der Waals surface area contributed by atoms with Crippen LogP contribution in [0.2, 0.25) is 0 Å². The van der Waals surface area contributed by atoms with Gasteiger partial charge < -0.3 is 9.26 Å². The monoisotopic (exact) mass is 412 g/mol. The van der Waals surface area contributed by atoms with Gasteiger partial charge in [0.15, 0.2) is 5.58 Å². The lowest BCUT2D eigenvalue weighted by atomic mass is 10.1. The standard InChI is InChI=1S/C21H21BrN2O2/c1-3-12-24(2)13-4-5-14-25-18-9-6-16(7-10-18)21-19-11-8-17(22)15-20(19)26-23-21/h3-11,15H,1,12-14H2,2H3/b5-4+. The maximum atomic E-state index is 5.75. The van der Waals surface area contributed by atoms with Gasteiger partial charge in [0.2, 0.25) is 0 Å². The fourth-order valence-electron chi connectivity index (χ4n) is 2.59. The van der Waals surface area contributed by atoms with Crippen LogP contribution < -0.4 is 4.74 Å². The lowest BCUT2D eigenvalue weighted by Crippen LogP contribution is -2.17. The Morgan fingerprint density at radius 2 is 1.96 bits per heavy atom. The average molecular weight is 413 g/mol. The molecule has 5 heteroatoms. The number of nitrogens with zero attached hydrogens (tertiary/aromatic N) is 2. The van der Waals surface area contributed by atoms with E-state index in [0.717, 1.165) is 45.5 Å². The van der Waals surface area contributed by atoms with Crippen LogP contribution in [0.25, 0.3) is 22.2 Å². The second-order valence-corrected chi connectivity index (χ2v) is 6.90.